The number of ether oxygens (including phenoxy) is 1. The molecule has 0 spiro atoms. The van der Waals surface area contributed by atoms with Crippen LogP contribution in [0.4, 0.5) is 5.69 Å². The average molecular weight is 264 g/mol. The summed E-state index contributed by atoms with van der Waals surface area (Å²) >= 11 is 0. The molecule has 0 aliphatic rings. The predicted octanol–water partition coefficient (Wildman–Crippen LogP) is 0.752. The number of nitrogens with two attached hydrogens (primary N) is 1. The molecule has 102 valence electrons. The molecular formula is C13H16N2O4. The van der Waals surface area contributed by atoms with E-state index in [0.717, 1.165) is 5.39 Å². The van der Waals surface area contributed by atoms with Crippen molar-refractivity contribution in [1.29, 1.82) is 0 Å². The number of benzene rings is 1. The van der Waals surface area contributed by atoms with E-state index in [1.807, 2.05) is 0 Å². The van der Waals surface area contributed by atoms with Gasteiger partial charge in [-0.15, -0.1) is 0 Å². The van der Waals surface area contributed by atoms with E-state index in [1.54, 1.807) is 24.3 Å². The van der Waals surface area contributed by atoms with Gasteiger partial charge in [0.2, 0.25) is 0 Å². The van der Waals surface area contributed by atoms with E-state index < -0.39 is 6.10 Å². The number of rotatable bonds is 5. The van der Waals surface area contributed by atoms with Crippen LogP contribution in [0, 0.1) is 0 Å². The number of aliphatic hydroxyl groups is 1. The summed E-state index contributed by atoms with van der Waals surface area (Å²) < 4.78 is 10.2. The van der Waals surface area contributed by atoms with Crippen molar-refractivity contribution in [3.05, 3.63) is 30.0 Å². The van der Waals surface area contributed by atoms with Gasteiger partial charge < -0.3 is 25.3 Å². The van der Waals surface area contributed by atoms with Crippen LogP contribution in [-0.2, 0) is 4.74 Å². The van der Waals surface area contributed by atoms with E-state index in [-0.39, 0.29) is 24.8 Å². The van der Waals surface area contributed by atoms with E-state index in [0.29, 0.717) is 11.3 Å². The zero-order valence-corrected chi connectivity index (χ0v) is 10.6. The number of nitrogen functional groups attached to an aromatic ring is 1. The van der Waals surface area contributed by atoms with Crippen molar-refractivity contribution in [1.82, 2.24) is 5.32 Å². The van der Waals surface area contributed by atoms with Crippen molar-refractivity contribution in [3.63, 3.8) is 0 Å². The van der Waals surface area contributed by atoms with Gasteiger partial charge in [0, 0.05) is 24.7 Å². The highest BCUT2D eigenvalue weighted by Crippen LogP contribution is 2.21. The van der Waals surface area contributed by atoms with E-state index in [9.17, 15) is 9.90 Å². The molecule has 19 heavy (non-hydrogen) atoms. The van der Waals surface area contributed by atoms with Crippen LogP contribution >= 0.6 is 0 Å². The maximum atomic E-state index is 11.8. The summed E-state index contributed by atoms with van der Waals surface area (Å²) in [4.78, 5) is 11.8. The van der Waals surface area contributed by atoms with Crippen molar-refractivity contribution in [2.75, 3.05) is 26.0 Å². The molecule has 2 rings (SSSR count). The number of methoxy groups -OCH3 is 1. The lowest BCUT2D eigenvalue weighted by Crippen LogP contribution is -2.34. The van der Waals surface area contributed by atoms with E-state index in [4.69, 9.17) is 14.9 Å². The van der Waals surface area contributed by atoms with Crippen molar-refractivity contribution >= 4 is 22.6 Å². The average Bonchev–Trinajstić information content (AvgIpc) is 2.79. The van der Waals surface area contributed by atoms with Gasteiger partial charge in [0.15, 0.2) is 5.76 Å². The topological polar surface area (TPSA) is 97.7 Å². The molecule has 0 aliphatic carbocycles. The third-order valence-corrected chi connectivity index (χ3v) is 2.62. The van der Waals surface area contributed by atoms with E-state index >= 15 is 0 Å². The molecule has 6 heteroatoms. The SMILES string of the molecule is COCC(O)CNC(=O)c1cc2cc(N)ccc2o1. The number of nitrogens with one attached hydrogen (secondary N) is 1. The van der Waals surface area contributed by atoms with Crippen LogP contribution in [0.15, 0.2) is 28.7 Å². The molecule has 6 nitrogen and oxygen atoms in total. The molecule has 0 fully saturated rings. The number of carbonyl (C=O) groups excluding carboxylic acids is 1. The van der Waals surface area contributed by atoms with Gasteiger partial charge in [-0.2, -0.15) is 0 Å². The molecule has 1 atom stereocenters. The Labute approximate surface area is 110 Å². The fourth-order valence-electron chi connectivity index (χ4n) is 1.72. The maximum absolute atomic E-state index is 11.8. The summed E-state index contributed by atoms with van der Waals surface area (Å²) in [6, 6.07) is 6.76. The molecule has 1 unspecified atom stereocenters. The van der Waals surface area contributed by atoms with Crippen LogP contribution in [-0.4, -0.2) is 37.4 Å². The second-order valence-corrected chi connectivity index (χ2v) is 4.23. The Hall–Kier alpha value is -2.05. The highest BCUT2D eigenvalue weighted by Gasteiger charge is 2.13. The van der Waals surface area contributed by atoms with Gasteiger partial charge in [-0.25, -0.2) is 0 Å². The number of furan rings is 1. The number of anilines is 1. The first kappa shape index (κ1) is 13.4. The normalized spacial score (nSPS) is 12.5. The molecule has 0 aliphatic heterocycles. The first-order valence-corrected chi connectivity index (χ1v) is 5.84. The quantitative estimate of drug-likeness (QED) is 0.692. The Morgan fingerprint density at radius 2 is 2.32 bits per heavy atom. The van der Waals surface area contributed by atoms with Gasteiger partial charge in [0.1, 0.15) is 5.58 Å². The number of hydrogen-bond acceptors (Lipinski definition) is 5. The van der Waals surface area contributed by atoms with Crippen LogP contribution in [0.5, 0.6) is 0 Å². The van der Waals surface area contributed by atoms with Crippen LogP contribution < -0.4 is 11.1 Å². The molecule has 2 aromatic rings. The van der Waals surface area contributed by atoms with E-state index in [2.05, 4.69) is 5.32 Å². The second-order valence-electron chi connectivity index (χ2n) is 4.23. The minimum atomic E-state index is -0.742. The molecule has 0 bridgehead atoms. The summed E-state index contributed by atoms with van der Waals surface area (Å²) in [5.74, 6) is -0.199. The van der Waals surface area contributed by atoms with Crippen LogP contribution in [0.2, 0.25) is 0 Å². The van der Waals surface area contributed by atoms with Crippen LogP contribution in [0.25, 0.3) is 11.0 Å². The summed E-state index contributed by atoms with van der Waals surface area (Å²) in [7, 11) is 1.48. The van der Waals surface area contributed by atoms with Crippen molar-refractivity contribution in [3.8, 4) is 0 Å². The Balaban J connectivity index is 2.05. The third-order valence-electron chi connectivity index (χ3n) is 2.62. The molecule has 1 aromatic heterocycles. The van der Waals surface area contributed by atoms with Gasteiger partial charge >= 0.3 is 0 Å². The largest absolute Gasteiger partial charge is 0.451 e. The van der Waals surface area contributed by atoms with Crippen LogP contribution in [0.1, 0.15) is 10.6 Å². The Bertz CT molecular complexity index is 579. The van der Waals surface area contributed by atoms with Gasteiger partial charge in [-0.3, -0.25) is 4.79 Å². The van der Waals surface area contributed by atoms with Gasteiger partial charge in [-0.05, 0) is 24.3 Å². The lowest BCUT2D eigenvalue weighted by molar-refractivity contribution is 0.0604. The summed E-state index contributed by atoms with van der Waals surface area (Å²) in [6.07, 6.45) is -0.742. The Kier molecular flexibility index (Phi) is 4.03. The van der Waals surface area contributed by atoms with Gasteiger partial charge in [0.25, 0.3) is 5.91 Å². The Morgan fingerprint density at radius 3 is 3.05 bits per heavy atom. The zero-order valence-electron chi connectivity index (χ0n) is 10.6. The maximum Gasteiger partial charge on any atom is 0.287 e. The fourth-order valence-corrected chi connectivity index (χ4v) is 1.72. The monoisotopic (exact) mass is 264 g/mol. The minimum Gasteiger partial charge on any atom is -0.451 e. The van der Waals surface area contributed by atoms with Gasteiger partial charge in [0.05, 0.1) is 12.7 Å². The highest BCUT2D eigenvalue weighted by atomic mass is 16.5. The number of fused-ring (bicyclic) bond motifs is 1. The minimum absolute atomic E-state index is 0.103. The van der Waals surface area contributed by atoms with Crippen molar-refractivity contribution in [2.24, 2.45) is 0 Å². The lowest BCUT2D eigenvalue weighted by Gasteiger charge is -2.09. The lowest BCUT2D eigenvalue weighted by atomic mass is 10.2. The van der Waals surface area contributed by atoms with Crippen LogP contribution in [0.3, 0.4) is 0 Å². The first-order valence-electron chi connectivity index (χ1n) is 5.84. The molecule has 1 heterocycles. The van der Waals surface area contributed by atoms with Crippen molar-refractivity contribution in [2.45, 2.75) is 6.10 Å². The zero-order chi connectivity index (χ0) is 13.8. The third kappa shape index (κ3) is 3.24. The summed E-state index contributed by atoms with van der Waals surface area (Å²) in [5.41, 5.74) is 6.85. The molecule has 1 aromatic carbocycles. The molecule has 0 saturated carbocycles. The van der Waals surface area contributed by atoms with E-state index in [1.165, 1.54) is 7.11 Å². The molecule has 0 radical (unpaired) electrons. The number of amides is 1. The standard InChI is InChI=1S/C13H16N2O4/c1-18-7-10(16)6-15-13(17)12-5-8-4-9(14)2-3-11(8)19-12/h2-5,10,16H,6-7,14H2,1H3,(H,15,17). The van der Waals surface area contributed by atoms with Gasteiger partial charge in [-0.1, -0.05) is 0 Å². The number of aliphatic hydroxyl groups excluding tert-OH is 1. The smallest absolute Gasteiger partial charge is 0.287 e. The molecular weight excluding hydrogens is 248 g/mol. The highest BCUT2D eigenvalue weighted by molar-refractivity contribution is 5.96. The molecule has 4 N–H and O–H groups in total. The van der Waals surface area contributed by atoms with Crippen molar-refractivity contribution < 1.29 is 19.1 Å². The Morgan fingerprint density at radius 1 is 1.53 bits per heavy atom. The number of carbonyl (C=O) groups is 1. The summed E-state index contributed by atoms with van der Waals surface area (Å²) in [5, 5.41) is 12.8. The first-order chi connectivity index (χ1) is 9.10. The molecule has 0 saturated heterocycles. The molecule has 1 amide bonds. The number of hydrogen-bond donors (Lipinski definition) is 3. The fraction of sp³-hybridized carbons (Fsp3) is 0.308. The summed E-state index contributed by atoms with van der Waals surface area (Å²) in [6.45, 7) is 0.267. The second kappa shape index (κ2) is 5.73. The predicted molar refractivity (Wildman–Crippen MR) is 70.8 cm³/mol.